The summed E-state index contributed by atoms with van der Waals surface area (Å²) >= 11 is 5.68. The van der Waals surface area contributed by atoms with Gasteiger partial charge in [-0.3, -0.25) is 10.1 Å². The minimum absolute atomic E-state index is 0.00313. The highest BCUT2D eigenvalue weighted by Crippen LogP contribution is 2.12. The number of halogens is 1. The second kappa shape index (κ2) is 5.46. The van der Waals surface area contributed by atoms with Crippen LogP contribution in [0.5, 0.6) is 0 Å². The lowest BCUT2D eigenvalue weighted by molar-refractivity contribution is -0.509. The second-order valence-corrected chi connectivity index (χ2v) is 3.59. The number of nitro groups is 1. The van der Waals surface area contributed by atoms with Gasteiger partial charge in [-0.15, -0.1) is 0 Å². The Morgan fingerprint density at radius 2 is 2.06 bits per heavy atom. The molecule has 0 aliphatic carbocycles. The first-order valence-corrected chi connectivity index (χ1v) is 4.88. The molecule has 0 saturated heterocycles. The molecule has 86 valence electrons. The summed E-state index contributed by atoms with van der Waals surface area (Å²) in [6.45, 7) is 0. The maximum absolute atomic E-state index is 11.1. The summed E-state index contributed by atoms with van der Waals surface area (Å²) in [5.74, 6) is -0.847. The summed E-state index contributed by atoms with van der Waals surface area (Å²) in [7, 11) is 1.13. The molecule has 0 radical (unpaired) electrons. The lowest BCUT2D eigenvalue weighted by Gasteiger charge is -2.07. The molecular weight excluding hydrogens is 234 g/mol. The highest BCUT2D eigenvalue weighted by molar-refractivity contribution is 6.30. The number of nitrogens with zero attached hydrogens (tertiary/aromatic N) is 1. The molecule has 0 amide bonds. The van der Waals surface area contributed by atoms with E-state index in [2.05, 4.69) is 4.74 Å². The molecule has 1 aromatic rings. The number of carbonyl (C=O) groups is 1. The Kier molecular flexibility index (Phi) is 4.25. The monoisotopic (exact) mass is 243 g/mol. The molecule has 0 N–H and O–H groups in total. The molecule has 6 heteroatoms. The highest BCUT2D eigenvalue weighted by Gasteiger charge is 2.30. The van der Waals surface area contributed by atoms with Crippen LogP contribution >= 0.6 is 11.6 Å². The van der Waals surface area contributed by atoms with Crippen molar-refractivity contribution in [3.63, 3.8) is 0 Å². The van der Waals surface area contributed by atoms with Crippen LogP contribution in [0.4, 0.5) is 0 Å². The van der Waals surface area contributed by atoms with Gasteiger partial charge in [0.1, 0.15) is 0 Å². The van der Waals surface area contributed by atoms with Crippen molar-refractivity contribution >= 4 is 17.6 Å². The predicted molar refractivity (Wildman–Crippen MR) is 58.0 cm³/mol. The molecule has 0 heterocycles. The van der Waals surface area contributed by atoms with E-state index in [1.54, 1.807) is 24.3 Å². The van der Waals surface area contributed by atoms with E-state index in [1.807, 2.05) is 0 Å². The van der Waals surface area contributed by atoms with Crippen LogP contribution in [0.25, 0.3) is 0 Å². The van der Waals surface area contributed by atoms with Gasteiger partial charge in [0.05, 0.1) is 13.5 Å². The fraction of sp³-hybridized carbons (Fsp3) is 0.300. The van der Waals surface area contributed by atoms with Crippen LogP contribution in [0, 0.1) is 10.1 Å². The second-order valence-electron chi connectivity index (χ2n) is 3.15. The van der Waals surface area contributed by atoms with E-state index in [9.17, 15) is 14.9 Å². The molecule has 16 heavy (non-hydrogen) atoms. The van der Waals surface area contributed by atoms with E-state index in [-0.39, 0.29) is 6.42 Å². The summed E-state index contributed by atoms with van der Waals surface area (Å²) in [5.41, 5.74) is 0.663. The third kappa shape index (κ3) is 3.20. The quantitative estimate of drug-likeness (QED) is 0.459. The molecule has 5 nitrogen and oxygen atoms in total. The van der Waals surface area contributed by atoms with Crippen molar-refractivity contribution in [3.05, 3.63) is 45.0 Å². The lowest BCUT2D eigenvalue weighted by Crippen LogP contribution is -2.32. The van der Waals surface area contributed by atoms with Gasteiger partial charge in [-0.05, 0) is 17.7 Å². The van der Waals surface area contributed by atoms with Crippen molar-refractivity contribution in [1.82, 2.24) is 0 Å². The molecule has 0 aromatic heterocycles. The van der Waals surface area contributed by atoms with Crippen LogP contribution in [0.2, 0.25) is 5.02 Å². The Bertz CT molecular complexity index is 390. The number of rotatable bonds is 4. The van der Waals surface area contributed by atoms with Crippen LogP contribution in [-0.2, 0) is 16.0 Å². The standard InChI is InChI=1S/C10H10ClNO4/c1-16-10(13)9(12(14)15)6-7-2-4-8(11)5-3-7/h2-5,9H,6H2,1H3. The molecular formula is C10H10ClNO4. The van der Waals surface area contributed by atoms with Crippen molar-refractivity contribution in [2.45, 2.75) is 12.5 Å². The van der Waals surface area contributed by atoms with Crippen molar-refractivity contribution in [2.24, 2.45) is 0 Å². The number of carbonyl (C=O) groups excluding carboxylic acids is 1. The number of esters is 1. The Hall–Kier alpha value is -1.62. The third-order valence-electron chi connectivity index (χ3n) is 2.07. The minimum atomic E-state index is -1.37. The maximum atomic E-state index is 11.1. The van der Waals surface area contributed by atoms with E-state index in [4.69, 9.17) is 11.6 Å². The summed E-state index contributed by atoms with van der Waals surface area (Å²) in [6, 6.07) is 5.14. The SMILES string of the molecule is COC(=O)C(Cc1ccc(Cl)cc1)[N+](=O)[O-]. The highest BCUT2D eigenvalue weighted by atomic mass is 35.5. The molecule has 1 aromatic carbocycles. The fourth-order valence-corrected chi connectivity index (χ4v) is 1.35. The summed E-state index contributed by atoms with van der Waals surface area (Å²) in [4.78, 5) is 21.1. The number of hydrogen-bond donors (Lipinski definition) is 0. The number of ether oxygens (including phenoxy) is 1. The molecule has 0 spiro atoms. The van der Waals surface area contributed by atoms with Crippen LogP contribution in [0.15, 0.2) is 24.3 Å². The van der Waals surface area contributed by atoms with Gasteiger partial charge in [-0.2, -0.15) is 0 Å². The average molecular weight is 244 g/mol. The smallest absolute Gasteiger partial charge is 0.381 e. The van der Waals surface area contributed by atoms with E-state index in [0.717, 1.165) is 7.11 Å². The number of hydrogen-bond acceptors (Lipinski definition) is 4. The van der Waals surface area contributed by atoms with Gasteiger partial charge in [0, 0.05) is 9.95 Å². The molecule has 0 bridgehead atoms. The summed E-state index contributed by atoms with van der Waals surface area (Å²) in [5, 5.41) is 11.2. The summed E-state index contributed by atoms with van der Waals surface area (Å²) < 4.78 is 4.36. The third-order valence-corrected chi connectivity index (χ3v) is 2.32. The van der Waals surface area contributed by atoms with Gasteiger partial charge >= 0.3 is 12.0 Å². The molecule has 1 atom stereocenters. The molecule has 0 aliphatic heterocycles. The largest absolute Gasteiger partial charge is 0.464 e. The molecule has 0 aliphatic rings. The van der Waals surface area contributed by atoms with Crippen molar-refractivity contribution in [3.8, 4) is 0 Å². The number of benzene rings is 1. The Morgan fingerprint density at radius 1 is 1.50 bits per heavy atom. The zero-order chi connectivity index (χ0) is 12.1. The van der Waals surface area contributed by atoms with Gasteiger partial charge in [-0.1, -0.05) is 23.7 Å². The van der Waals surface area contributed by atoms with Gasteiger partial charge in [0.15, 0.2) is 0 Å². The van der Waals surface area contributed by atoms with E-state index < -0.39 is 16.9 Å². The van der Waals surface area contributed by atoms with E-state index in [0.29, 0.717) is 10.6 Å². The maximum Gasteiger partial charge on any atom is 0.381 e. The molecule has 1 unspecified atom stereocenters. The van der Waals surface area contributed by atoms with Crippen LogP contribution in [-0.4, -0.2) is 24.0 Å². The fourth-order valence-electron chi connectivity index (χ4n) is 1.22. The predicted octanol–water partition coefficient (Wildman–Crippen LogP) is 1.70. The van der Waals surface area contributed by atoms with Gasteiger partial charge in [0.25, 0.3) is 0 Å². The summed E-state index contributed by atoms with van der Waals surface area (Å²) in [6.07, 6.45) is -0.00313. The van der Waals surface area contributed by atoms with Crippen LogP contribution < -0.4 is 0 Å². The topological polar surface area (TPSA) is 69.4 Å². The first kappa shape index (κ1) is 12.4. The average Bonchev–Trinajstić information content (AvgIpc) is 2.27. The van der Waals surface area contributed by atoms with Crippen LogP contribution in [0.3, 0.4) is 0 Å². The first-order valence-electron chi connectivity index (χ1n) is 4.50. The van der Waals surface area contributed by atoms with Crippen molar-refractivity contribution < 1.29 is 14.5 Å². The molecule has 0 fully saturated rings. The van der Waals surface area contributed by atoms with E-state index >= 15 is 0 Å². The van der Waals surface area contributed by atoms with E-state index in [1.165, 1.54) is 0 Å². The van der Waals surface area contributed by atoms with Crippen LogP contribution in [0.1, 0.15) is 5.56 Å². The zero-order valence-electron chi connectivity index (χ0n) is 8.55. The number of methoxy groups -OCH3 is 1. The van der Waals surface area contributed by atoms with Gasteiger partial charge in [0.2, 0.25) is 0 Å². The zero-order valence-corrected chi connectivity index (χ0v) is 9.31. The Balaban J connectivity index is 2.80. The minimum Gasteiger partial charge on any atom is -0.464 e. The van der Waals surface area contributed by atoms with Crippen molar-refractivity contribution in [2.75, 3.05) is 7.11 Å². The normalized spacial score (nSPS) is 11.9. The molecule has 1 rings (SSSR count). The first-order chi connectivity index (χ1) is 7.54. The molecule has 0 saturated carbocycles. The van der Waals surface area contributed by atoms with Gasteiger partial charge in [-0.25, -0.2) is 4.79 Å². The van der Waals surface area contributed by atoms with Gasteiger partial charge < -0.3 is 4.74 Å². The Labute approximate surface area is 97.1 Å². The van der Waals surface area contributed by atoms with Crippen molar-refractivity contribution in [1.29, 1.82) is 0 Å². The Morgan fingerprint density at radius 3 is 2.50 bits per heavy atom. The lowest BCUT2D eigenvalue weighted by atomic mass is 10.1.